The van der Waals surface area contributed by atoms with Crippen molar-refractivity contribution in [1.29, 1.82) is 0 Å². The van der Waals surface area contributed by atoms with E-state index in [4.69, 9.17) is 24.0 Å². The Bertz CT molecular complexity index is 1610. The van der Waals surface area contributed by atoms with Crippen LogP contribution in [-0.4, -0.2) is 74.7 Å². The lowest BCUT2D eigenvalue weighted by Crippen LogP contribution is -2.44. The Hall–Kier alpha value is -3.85. The number of hydrogen-bond acceptors (Lipinski definition) is 9. The molecule has 2 aromatic carbocycles. The van der Waals surface area contributed by atoms with E-state index < -0.39 is 23.3 Å². The van der Waals surface area contributed by atoms with E-state index in [-0.39, 0.29) is 30.1 Å². The second-order valence-corrected chi connectivity index (χ2v) is 10.7. The molecule has 43 heavy (non-hydrogen) atoms. The Kier molecular flexibility index (Phi) is 9.70. The lowest BCUT2D eigenvalue weighted by Gasteiger charge is -2.35. The van der Waals surface area contributed by atoms with Gasteiger partial charge in [-0.05, 0) is 38.0 Å². The minimum Gasteiger partial charge on any atom is -0.492 e. The predicted molar refractivity (Wildman–Crippen MR) is 162 cm³/mol. The molecule has 0 saturated carbocycles. The summed E-state index contributed by atoms with van der Waals surface area (Å²) in [6.07, 6.45) is 1.42. The van der Waals surface area contributed by atoms with E-state index in [2.05, 4.69) is 24.9 Å². The molecule has 2 aromatic heterocycles. The van der Waals surface area contributed by atoms with Crippen molar-refractivity contribution in [1.82, 2.24) is 24.7 Å². The summed E-state index contributed by atoms with van der Waals surface area (Å²) in [7, 11) is 1.73. The summed E-state index contributed by atoms with van der Waals surface area (Å²) >= 11 is -2.28. The summed E-state index contributed by atoms with van der Waals surface area (Å²) in [6, 6.07) is 8.03. The van der Waals surface area contributed by atoms with Crippen molar-refractivity contribution < 1.29 is 27.0 Å². The van der Waals surface area contributed by atoms with E-state index >= 15 is 8.78 Å². The van der Waals surface area contributed by atoms with Crippen molar-refractivity contribution in [3.8, 4) is 28.3 Å². The van der Waals surface area contributed by atoms with E-state index in [1.165, 1.54) is 6.07 Å². The van der Waals surface area contributed by atoms with Crippen LogP contribution in [0, 0.1) is 5.82 Å². The molecular weight excluding hydrogens is 580 g/mol. The minimum atomic E-state index is -2.28. The molecule has 3 unspecified atom stereocenters. The number of hydrogen-bond donors (Lipinski definition) is 3. The fourth-order valence-corrected chi connectivity index (χ4v) is 5.30. The number of morpholine rings is 1. The number of fused-ring (bicyclic) bond motifs is 1. The predicted octanol–water partition coefficient (Wildman–Crippen LogP) is 4.69. The maximum absolute atomic E-state index is 15.9. The third kappa shape index (κ3) is 6.72. The number of benzene rings is 2. The summed E-state index contributed by atoms with van der Waals surface area (Å²) in [5.41, 5.74) is 1.66. The standard InChI is InChI=1S/C29H33F2N7O4S/c1-4-42-24-13-18(20-6-5-7-21(25(20)31)23(30)8-9-35-43(39)40)12-22-26(24)36-27(19-14-33-29(32-3)34-15-19)37-28(22)38-10-11-41-16-17(38)2/h5-7,12-15,17,23,35H,4,8-11,16H2,1-3H3,(H,39,40)(H,32,33,34). The molecule has 3 N–H and O–H groups in total. The van der Waals surface area contributed by atoms with Gasteiger partial charge in [0, 0.05) is 49.0 Å². The Balaban J connectivity index is 1.67. The number of nitrogens with zero attached hydrogens (tertiary/aromatic N) is 5. The number of anilines is 2. The molecule has 0 aliphatic carbocycles. The van der Waals surface area contributed by atoms with Crippen molar-refractivity contribution in [2.24, 2.45) is 0 Å². The van der Waals surface area contributed by atoms with Crippen LogP contribution in [0.3, 0.4) is 0 Å². The average Bonchev–Trinajstić information content (AvgIpc) is 3.01. The van der Waals surface area contributed by atoms with Crippen molar-refractivity contribution >= 4 is 33.9 Å². The van der Waals surface area contributed by atoms with Crippen molar-refractivity contribution in [3.63, 3.8) is 0 Å². The monoisotopic (exact) mass is 613 g/mol. The molecule has 3 atom stereocenters. The normalized spacial score (nSPS) is 16.7. The lowest BCUT2D eigenvalue weighted by atomic mass is 9.97. The van der Waals surface area contributed by atoms with Gasteiger partial charge in [-0.1, -0.05) is 18.2 Å². The molecule has 4 aromatic rings. The number of rotatable bonds is 11. The third-order valence-electron chi connectivity index (χ3n) is 7.12. The van der Waals surface area contributed by atoms with Crippen LogP contribution >= 0.6 is 0 Å². The number of ether oxygens (including phenoxy) is 2. The average molecular weight is 614 g/mol. The maximum Gasteiger partial charge on any atom is 0.231 e. The smallest absolute Gasteiger partial charge is 0.231 e. The molecule has 0 amide bonds. The van der Waals surface area contributed by atoms with Crippen LogP contribution in [0.2, 0.25) is 0 Å². The third-order valence-corrected chi connectivity index (χ3v) is 7.57. The maximum atomic E-state index is 15.9. The van der Waals surface area contributed by atoms with Crippen LogP contribution in [-0.2, 0) is 16.0 Å². The number of halogens is 2. The molecule has 11 nitrogen and oxygen atoms in total. The Morgan fingerprint density at radius 1 is 1.23 bits per heavy atom. The highest BCUT2D eigenvalue weighted by Gasteiger charge is 2.26. The molecular formula is C29H33F2N7O4S. The molecule has 1 aliphatic heterocycles. The number of aromatic nitrogens is 4. The van der Waals surface area contributed by atoms with Gasteiger partial charge in [0.05, 0.1) is 31.4 Å². The highest BCUT2D eigenvalue weighted by Crippen LogP contribution is 2.40. The highest BCUT2D eigenvalue weighted by atomic mass is 32.2. The first-order valence-electron chi connectivity index (χ1n) is 13.9. The molecule has 0 bridgehead atoms. The Morgan fingerprint density at radius 2 is 2.02 bits per heavy atom. The molecule has 0 spiro atoms. The van der Waals surface area contributed by atoms with Gasteiger partial charge in [0.2, 0.25) is 17.2 Å². The molecule has 5 rings (SSSR count). The fourth-order valence-electron chi connectivity index (χ4n) is 5.01. The van der Waals surface area contributed by atoms with Gasteiger partial charge in [0.25, 0.3) is 0 Å². The van der Waals surface area contributed by atoms with Crippen LogP contribution < -0.4 is 19.7 Å². The molecule has 1 fully saturated rings. The molecule has 1 saturated heterocycles. The minimum absolute atomic E-state index is 0.00367. The van der Waals surface area contributed by atoms with Crippen LogP contribution in [0.1, 0.15) is 32.0 Å². The topological polar surface area (TPSA) is 135 Å². The summed E-state index contributed by atoms with van der Waals surface area (Å²) < 4.78 is 64.7. The van der Waals surface area contributed by atoms with Crippen LogP contribution in [0.4, 0.5) is 20.5 Å². The first kappa shape index (κ1) is 30.6. The van der Waals surface area contributed by atoms with Gasteiger partial charge in [-0.3, -0.25) is 4.55 Å². The first-order chi connectivity index (χ1) is 20.8. The quantitative estimate of drug-likeness (QED) is 0.205. The second kappa shape index (κ2) is 13.6. The summed E-state index contributed by atoms with van der Waals surface area (Å²) in [6.45, 7) is 5.71. The Morgan fingerprint density at radius 3 is 2.72 bits per heavy atom. The lowest BCUT2D eigenvalue weighted by molar-refractivity contribution is 0.0987. The van der Waals surface area contributed by atoms with E-state index in [0.29, 0.717) is 71.7 Å². The van der Waals surface area contributed by atoms with Gasteiger partial charge in [-0.25, -0.2) is 37.6 Å². The molecule has 14 heteroatoms. The van der Waals surface area contributed by atoms with Gasteiger partial charge in [-0.2, -0.15) is 0 Å². The zero-order chi connectivity index (χ0) is 30.5. The number of nitrogens with one attached hydrogen (secondary N) is 2. The first-order valence-corrected chi connectivity index (χ1v) is 15.0. The molecule has 1 aliphatic rings. The SMILES string of the molecule is CCOc1cc(-c2cccc(C(F)CCNS(=O)O)c2F)cc2c(N3CCOCC3C)nc(-c3cnc(NC)nc3)nc12. The zero-order valence-electron chi connectivity index (χ0n) is 24.0. The number of alkyl halides is 1. The van der Waals surface area contributed by atoms with E-state index in [1.54, 1.807) is 43.7 Å². The van der Waals surface area contributed by atoms with Crippen molar-refractivity contribution in [2.75, 3.05) is 50.2 Å². The van der Waals surface area contributed by atoms with Crippen LogP contribution in [0.25, 0.3) is 33.4 Å². The van der Waals surface area contributed by atoms with E-state index in [0.717, 1.165) is 0 Å². The zero-order valence-corrected chi connectivity index (χ0v) is 24.8. The summed E-state index contributed by atoms with van der Waals surface area (Å²) in [5.74, 6) is 1.20. The van der Waals surface area contributed by atoms with Gasteiger partial charge in [0.15, 0.2) is 5.82 Å². The van der Waals surface area contributed by atoms with Crippen molar-refractivity contribution in [2.45, 2.75) is 32.5 Å². The Labute approximate surface area is 250 Å². The van der Waals surface area contributed by atoms with Gasteiger partial charge in [0.1, 0.15) is 29.1 Å². The van der Waals surface area contributed by atoms with Crippen LogP contribution in [0.5, 0.6) is 5.75 Å². The van der Waals surface area contributed by atoms with Gasteiger partial charge < -0.3 is 19.7 Å². The van der Waals surface area contributed by atoms with E-state index in [9.17, 15) is 4.21 Å². The van der Waals surface area contributed by atoms with Crippen molar-refractivity contribution in [3.05, 3.63) is 54.1 Å². The highest BCUT2D eigenvalue weighted by molar-refractivity contribution is 7.77. The largest absolute Gasteiger partial charge is 0.492 e. The van der Waals surface area contributed by atoms with E-state index in [1.807, 2.05) is 13.8 Å². The van der Waals surface area contributed by atoms with Gasteiger partial charge >= 0.3 is 0 Å². The van der Waals surface area contributed by atoms with Gasteiger partial charge in [-0.15, -0.1) is 0 Å². The fraction of sp³-hybridized carbons (Fsp3) is 0.379. The summed E-state index contributed by atoms with van der Waals surface area (Å²) in [5, 5.41) is 3.54. The molecule has 0 radical (unpaired) electrons. The van der Waals surface area contributed by atoms with Crippen LogP contribution in [0.15, 0.2) is 42.7 Å². The molecule has 3 heterocycles. The summed E-state index contributed by atoms with van der Waals surface area (Å²) in [4.78, 5) is 20.6. The molecule has 228 valence electrons. The second-order valence-electron chi connectivity index (χ2n) is 9.95.